The van der Waals surface area contributed by atoms with Crippen LogP contribution in [-0.4, -0.2) is 37.7 Å². The van der Waals surface area contributed by atoms with Crippen LogP contribution >= 0.6 is 0 Å². The van der Waals surface area contributed by atoms with Crippen molar-refractivity contribution in [3.63, 3.8) is 0 Å². The Balaban J connectivity index is -0.000000236. The summed E-state index contributed by atoms with van der Waals surface area (Å²) >= 11 is 0. The van der Waals surface area contributed by atoms with Crippen LogP contribution in [0.5, 0.6) is 5.75 Å². The second kappa shape index (κ2) is 26.0. The summed E-state index contributed by atoms with van der Waals surface area (Å²) in [5.74, 6) is 1.88. The molecule has 1 unspecified atom stereocenters. The Morgan fingerprint density at radius 3 is 1.91 bits per heavy atom. The van der Waals surface area contributed by atoms with Crippen molar-refractivity contribution in [2.45, 2.75) is 75.2 Å². The first-order valence-electron chi connectivity index (χ1n) is 12.4. The topological polar surface area (TPSA) is 62.0 Å². The van der Waals surface area contributed by atoms with E-state index in [0.717, 1.165) is 49.0 Å². The number of ether oxygens (including phenoxy) is 1. The molecule has 0 saturated carbocycles. The number of aliphatic imine (C=N–C) groups is 1. The Morgan fingerprint density at radius 2 is 1.63 bits per heavy atom. The molecule has 4 nitrogen and oxygen atoms in total. The van der Waals surface area contributed by atoms with Gasteiger partial charge in [0.25, 0.3) is 0 Å². The third-order valence-corrected chi connectivity index (χ3v) is 5.04. The maximum Gasteiger partial charge on any atom is 0.126 e. The van der Waals surface area contributed by atoms with Gasteiger partial charge in [-0.15, -0.1) is 0 Å². The van der Waals surface area contributed by atoms with Gasteiger partial charge >= 0.3 is 0 Å². The molecule has 1 atom stereocenters. The third-order valence-electron chi connectivity index (χ3n) is 5.04. The lowest BCUT2D eigenvalue weighted by Crippen LogP contribution is -2.19. The highest BCUT2D eigenvalue weighted by Gasteiger charge is 2.18. The summed E-state index contributed by atoms with van der Waals surface area (Å²) in [6.07, 6.45) is 8.84. The van der Waals surface area contributed by atoms with Crippen molar-refractivity contribution in [3.05, 3.63) is 72.5 Å². The molecule has 0 saturated heterocycles. The second-order valence-corrected chi connectivity index (χ2v) is 8.21. The molecule has 0 aliphatic heterocycles. The molecule has 0 aliphatic carbocycles. The van der Waals surface area contributed by atoms with E-state index in [1.54, 1.807) is 19.3 Å². The van der Waals surface area contributed by atoms with Crippen LogP contribution in [0, 0.1) is 11.3 Å². The van der Waals surface area contributed by atoms with Gasteiger partial charge in [-0.2, -0.15) is 0 Å². The van der Waals surface area contributed by atoms with Crippen molar-refractivity contribution in [2.75, 3.05) is 20.8 Å². The zero-order valence-electron chi connectivity index (χ0n) is 24.6. The predicted octanol–water partition coefficient (Wildman–Crippen LogP) is 8.66. The molecule has 0 bridgehead atoms. The van der Waals surface area contributed by atoms with Crippen molar-refractivity contribution in [3.8, 4) is 5.75 Å². The number of methoxy groups -OCH3 is 1. The molecule has 0 heterocycles. The van der Waals surface area contributed by atoms with E-state index in [1.807, 2.05) is 65.0 Å². The third kappa shape index (κ3) is 18.4. The first-order valence-corrected chi connectivity index (χ1v) is 12.4. The molecule has 1 aromatic carbocycles. The molecule has 4 heteroatoms. The molecule has 2 N–H and O–H groups in total. The van der Waals surface area contributed by atoms with Gasteiger partial charge in [-0.3, -0.25) is 0 Å². The summed E-state index contributed by atoms with van der Waals surface area (Å²) in [4.78, 5) is 3.85. The summed E-state index contributed by atoms with van der Waals surface area (Å²) in [5, 5.41) is 17.3. The van der Waals surface area contributed by atoms with E-state index in [0.29, 0.717) is 17.1 Å². The van der Waals surface area contributed by atoms with E-state index < -0.39 is 0 Å². The summed E-state index contributed by atoms with van der Waals surface area (Å²) in [5.41, 5.74) is 3.13. The van der Waals surface area contributed by atoms with Crippen molar-refractivity contribution in [2.24, 2.45) is 16.3 Å². The average molecular weight is 490 g/mol. The number of aromatic hydroxyl groups is 1. The zero-order chi connectivity index (χ0) is 28.4. The van der Waals surface area contributed by atoms with Crippen LogP contribution in [0.1, 0.15) is 79.9 Å². The number of aliphatic hydroxyl groups excluding tert-OH is 1. The molecule has 35 heavy (non-hydrogen) atoms. The molecular formula is C31H55NO3. The summed E-state index contributed by atoms with van der Waals surface area (Å²) in [6.45, 7) is 30.0. The smallest absolute Gasteiger partial charge is 0.126 e. The maximum absolute atomic E-state index is 10.3. The van der Waals surface area contributed by atoms with E-state index >= 15 is 0 Å². The number of allylic oxidation sites excluding steroid dienone is 6. The molecule has 1 aromatic rings. The number of phenols is 1. The van der Waals surface area contributed by atoms with E-state index in [9.17, 15) is 5.11 Å². The molecule has 0 aromatic heterocycles. The van der Waals surface area contributed by atoms with Gasteiger partial charge in [0, 0.05) is 31.2 Å². The molecule has 0 fully saturated rings. The number of hydrogen-bond acceptors (Lipinski definition) is 4. The second-order valence-electron chi connectivity index (χ2n) is 8.21. The van der Waals surface area contributed by atoms with E-state index in [-0.39, 0.29) is 0 Å². The predicted molar refractivity (Wildman–Crippen MR) is 159 cm³/mol. The van der Waals surface area contributed by atoms with Crippen molar-refractivity contribution in [1.82, 2.24) is 0 Å². The van der Waals surface area contributed by atoms with Crippen LogP contribution < -0.4 is 0 Å². The number of aliphatic hydroxyl groups is 1. The van der Waals surface area contributed by atoms with Crippen LogP contribution in [0.25, 0.3) is 5.57 Å². The Bertz CT molecular complexity index is 713. The first kappa shape index (κ1) is 39.6. The maximum atomic E-state index is 10.3. The fourth-order valence-electron chi connectivity index (χ4n) is 2.51. The highest BCUT2D eigenvalue weighted by atomic mass is 16.5. The number of benzene rings is 1. The average Bonchev–Trinajstić information content (AvgIpc) is 2.87. The minimum Gasteiger partial charge on any atom is -0.507 e. The number of rotatable bonds is 8. The number of hydrogen-bond donors (Lipinski definition) is 2. The number of phenolic OH excluding ortho intramolecular Hbond substituents is 1. The molecule has 0 amide bonds. The van der Waals surface area contributed by atoms with Gasteiger partial charge in [0.15, 0.2) is 0 Å². The molecular weight excluding hydrogens is 434 g/mol. The van der Waals surface area contributed by atoms with Gasteiger partial charge < -0.3 is 19.9 Å². The SMILES string of the molecule is C/C=C\C(=C(/CC)OC)c1cccc(CC)c1O.C=CC=C.C=NCC(C)C(C)(C)C.CC.CO. The number of para-hydroxylation sites is 1. The van der Waals surface area contributed by atoms with Crippen molar-refractivity contribution < 1.29 is 14.9 Å². The number of aryl methyl sites for hydroxylation is 1. The van der Waals surface area contributed by atoms with Crippen LogP contribution in [0.2, 0.25) is 0 Å². The molecule has 202 valence electrons. The van der Waals surface area contributed by atoms with E-state index in [4.69, 9.17) is 9.84 Å². The minimum atomic E-state index is 0.358. The fourth-order valence-corrected chi connectivity index (χ4v) is 2.51. The molecule has 0 spiro atoms. The lowest BCUT2D eigenvalue weighted by atomic mass is 9.82. The lowest BCUT2D eigenvalue weighted by molar-refractivity contribution is 0.270. The van der Waals surface area contributed by atoms with E-state index in [1.165, 1.54) is 0 Å². The lowest BCUT2D eigenvalue weighted by Gasteiger charge is -2.25. The Kier molecular flexibility index (Phi) is 29.5. The van der Waals surface area contributed by atoms with E-state index in [2.05, 4.69) is 52.6 Å². The molecule has 0 radical (unpaired) electrons. The normalized spacial score (nSPS) is 11.3. The highest BCUT2D eigenvalue weighted by Crippen LogP contribution is 2.32. The van der Waals surface area contributed by atoms with Crippen LogP contribution in [-0.2, 0) is 11.2 Å². The van der Waals surface area contributed by atoms with Gasteiger partial charge in [0.1, 0.15) is 11.5 Å². The quantitative estimate of drug-likeness (QED) is 0.218. The van der Waals surface area contributed by atoms with Gasteiger partial charge in [-0.1, -0.05) is 111 Å². The highest BCUT2D eigenvalue weighted by molar-refractivity contribution is 5.79. The minimum absolute atomic E-state index is 0.358. The zero-order valence-corrected chi connectivity index (χ0v) is 24.6. The largest absolute Gasteiger partial charge is 0.507 e. The van der Waals surface area contributed by atoms with Gasteiger partial charge in [0.05, 0.1) is 7.11 Å². The van der Waals surface area contributed by atoms with Crippen LogP contribution in [0.4, 0.5) is 0 Å². The van der Waals surface area contributed by atoms with Crippen LogP contribution in [0.15, 0.2) is 66.4 Å². The molecule has 0 aliphatic rings. The monoisotopic (exact) mass is 489 g/mol. The fraction of sp³-hybridized carbons (Fsp3) is 0.516. The van der Waals surface area contributed by atoms with Gasteiger partial charge in [0.2, 0.25) is 0 Å². The number of nitrogens with zero attached hydrogens (tertiary/aromatic N) is 1. The summed E-state index contributed by atoms with van der Waals surface area (Å²) in [6, 6.07) is 5.85. The van der Waals surface area contributed by atoms with Gasteiger partial charge in [-0.05, 0) is 37.0 Å². The van der Waals surface area contributed by atoms with Crippen molar-refractivity contribution in [1.29, 1.82) is 0 Å². The Hall–Kier alpha value is -2.59. The summed E-state index contributed by atoms with van der Waals surface area (Å²) in [7, 11) is 2.67. The molecule has 1 rings (SSSR count). The van der Waals surface area contributed by atoms with Crippen molar-refractivity contribution >= 4 is 12.3 Å². The standard InChI is InChI=1S/C16H22O2.C8H17N.C4H6.C2H6.CH4O/c1-5-9-13(15(7-3)18-4)14-11-8-10-12(6-2)16(14)17;1-7(6-9-5)8(2,3)4;1-3-4-2;2*1-2/h5,8-11,17H,6-7H2,1-4H3;7H,5-6H2,1-4H3;3-4H,1-2H2;1-2H3;2H,1H3/b9-5-,15-13-;;;;. The van der Waals surface area contributed by atoms with Gasteiger partial charge in [-0.25, -0.2) is 0 Å². The van der Waals surface area contributed by atoms with Crippen LogP contribution in [0.3, 0.4) is 0 Å². The Labute approximate surface area is 217 Å². The first-order chi connectivity index (χ1) is 16.6. The summed E-state index contributed by atoms with van der Waals surface area (Å²) < 4.78 is 5.41. The Morgan fingerprint density at radius 1 is 1.11 bits per heavy atom.